The van der Waals surface area contributed by atoms with Gasteiger partial charge in [-0.25, -0.2) is 18.2 Å². The largest absolute Gasteiger partial charge is 0.497 e. The number of piperazine rings is 1. The van der Waals surface area contributed by atoms with Gasteiger partial charge in [-0.05, 0) is 82.2 Å². The number of nitrogens with one attached hydrogen (secondary N) is 1. The molecular formula is C35H40N6O8S. The number of nitrogens with zero attached hydrogens (tertiary/aromatic N) is 5. The molecule has 0 spiro atoms. The van der Waals surface area contributed by atoms with Gasteiger partial charge in [0, 0.05) is 50.0 Å². The molecule has 264 valence electrons. The third-order valence-electron chi connectivity index (χ3n) is 9.25. The fourth-order valence-corrected chi connectivity index (χ4v) is 8.40. The van der Waals surface area contributed by atoms with Gasteiger partial charge in [0.1, 0.15) is 16.4 Å². The maximum Gasteiger partial charge on any atom is 0.411 e. The van der Waals surface area contributed by atoms with E-state index in [4.69, 9.17) is 18.9 Å². The molecule has 14 nitrogen and oxygen atoms in total. The number of pyridine rings is 1. The molecule has 3 aliphatic heterocycles. The molecule has 15 heteroatoms. The normalized spacial score (nSPS) is 19.8. The summed E-state index contributed by atoms with van der Waals surface area (Å²) in [6, 6.07) is 13.8. The number of piperidine rings is 1. The number of hydrogen-bond donors (Lipinski definition) is 1. The average molecular weight is 705 g/mol. The Balaban J connectivity index is 1.48. The highest BCUT2D eigenvalue weighted by Gasteiger charge is 2.61. The van der Waals surface area contributed by atoms with Crippen LogP contribution in [0.5, 0.6) is 17.4 Å². The molecule has 1 aromatic heterocycles. The minimum absolute atomic E-state index is 0.0161. The molecule has 3 aliphatic rings. The molecule has 3 aromatic rings. The first-order valence-corrected chi connectivity index (χ1v) is 18.1. The number of rotatable bonds is 10. The van der Waals surface area contributed by atoms with Crippen LogP contribution in [0, 0.1) is 11.3 Å². The van der Waals surface area contributed by atoms with Crippen molar-refractivity contribution in [3.63, 3.8) is 0 Å². The fourth-order valence-electron chi connectivity index (χ4n) is 6.83. The summed E-state index contributed by atoms with van der Waals surface area (Å²) < 4.78 is 53.1. The van der Waals surface area contributed by atoms with E-state index in [0.29, 0.717) is 42.3 Å². The molecular weight excluding hydrogens is 664 g/mol. The van der Waals surface area contributed by atoms with Crippen LogP contribution in [0.15, 0.2) is 59.6 Å². The predicted molar refractivity (Wildman–Crippen MR) is 182 cm³/mol. The van der Waals surface area contributed by atoms with Crippen LogP contribution in [0.4, 0.5) is 10.5 Å². The van der Waals surface area contributed by atoms with Gasteiger partial charge in [0.25, 0.3) is 21.5 Å². The van der Waals surface area contributed by atoms with E-state index >= 15 is 4.79 Å². The summed E-state index contributed by atoms with van der Waals surface area (Å²) in [6.07, 6.45) is 2.67. The van der Waals surface area contributed by atoms with Gasteiger partial charge < -0.3 is 29.2 Å². The maximum atomic E-state index is 15.1. The first-order chi connectivity index (χ1) is 24.2. The van der Waals surface area contributed by atoms with Crippen molar-refractivity contribution < 1.29 is 37.0 Å². The van der Waals surface area contributed by atoms with E-state index in [1.165, 1.54) is 60.7 Å². The molecule has 1 N–H and O–H groups in total. The van der Waals surface area contributed by atoms with Crippen molar-refractivity contribution in [2.45, 2.75) is 43.2 Å². The number of benzene rings is 2. The van der Waals surface area contributed by atoms with Crippen LogP contribution in [0.25, 0.3) is 0 Å². The summed E-state index contributed by atoms with van der Waals surface area (Å²) in [4.78, 5) is 37.3. The van der Waals surface area contributed by atoms with Crippen molar-refractivity contribution >= 4 is 27.7 Å². The van der Waals surface area contributed by atoms with E-state index < -0.39 is 27.6 Å². The number of aromatic nitrogens is 1. The highest BCUT2D eigenvalue weighted by atomic mass is 32.2. The zero-order valence-electron chi connectivity index (χ0n) is 28.3. The van der Waals surface area contributed by atoms with Crippen LogP contribution < -0.4 is 23.8 Å². The van der Waals surface area contributed by atoms with Crippen molar-refractivity contribution in [3.05, 3.63) is 71.4 Å². The lowest BCUT2D eigenvalue weighted by atomic mass is 9.87. The van der Waals surface area contributed by atoms with Crippen molar-refractivity contribution in [3.8, 4) is 23.4 Å². The SMILES string of the molecule is CCOc1cc(OC)ccc1S(=O)(=O)N1C(=O)C(OC(=O)N2CCN(C3CCNCC3)CC2)(c2cccnc2OCC)c2cc(C#N)ccc21. The zero-order valence-corrected chi connectivity index (χ0v) is 29.1. The molecule has 0 radical (unpaired) electrons. The Labute approximate surface area is 291 Å². The number of nitriles is 1. The number of hydrogen-bond acceptors (Lipinski definition) is 12. The first kappa shape index (κ1) is 34.9. The molecule has 4 heterocycles. The number of methoxy groups -OCH3 is 1. The van der Waals surface area contributed by atoms with E-state index in [0.717, 1.165) is 25.9 Å². The fraction of sp³-hybridized carbons (Fsp3) is 0.429. The summed E-state index contributed by atoms with van der Waals surface area (Å²) >= 11 is 0. The van der Waals surface area contributed by atoms with Gasteiger partial charge in [0.05, 0.1) is 43.2 Å². The number of ether oxygens (including phenoxy) is 4. The molecule has 1 unspecified atom stereocenters. The molecule has 0 saturated carbocycles. The number of anilines is 1. The Bertz CT molecular complexity index is 1900. The highest BCUT2D eigenvalue weighted by Crippen LogP contribution is 2.52. The van der Waals surface area contributed by atoms with Crippen LogP contribution in [0.1, 0.15) is 43.4 Å². The van der Waals surface area contributed by atoms with Crippen LogP contribution in [0.2, 0.25) is 0 Å². The van der Waals surface area contributed by atoms with Crippen molar-refractivity contribution in [1.82, 2.24) is 20.1 Å². The number of carbonyl (C=O) groups excluding carboxylic acids is 2. The Kier molecular flexibility index (Phi) is 10.1. The van der Waals surface area contributed by atoms with E-state index in [1.54, 1.807) is 19.9 Å². The van der Waals surface area contributed by atoms with Gasteiger partial charge in [-0.2, -0.15) is 9.57 Å². The molecule has 1 atom stereocenters. The van der Waals surface area contributed by atoms with Gasteiger partial charge >= 0.3 is 6.09 Å². The van der Waals surface area contributed by atoms with Crippen LogP contribution in [0.3, 0.4) is 0 Å². The second-order valence-corrected chi connectivity index (χ2v) is 13.8. The summed E-state index contributed by atoms with van der Waals surface area (Å²) in [6.45, 7) is 7.51. The van der Waals surface area contributed by atoms with E-state index in [2.05, 4.69) is 21.3 Å². The Morgan fingerprint density at radius 2 is 1.76 bits per heavy atom. The summed E-state index contributed by atoms with van der Waals surface area (Å²) in [5.41, 5.74) is -2.37. The second-order valence-electron chi connectivity index (χ2n) is 12.0. The smallest absolute Gasteiger partial charge is 0.411 e. The minimum atomic E-state index is -4.74. The topological polar surface area (TPSA) is 164 Å². The monoisotopic (exact) mass is 704 g/mol. The average Bonchev–Trinajstić information content (AvgIpc) is 3.39. The molecule has 6 rings (SSSR count). The van der Waals surface area contributed by atoms with Gasteiger partial charge in [0.15, 0.2) is 0 Å². The Hall–Kier alpha value is -4.91. The zero-order chi connectivity index (χ0) is 35.5. The van der Waals surface area contributed by atoms with Crippen molar-refractivity contribution in [1.29, 1.82) is 5.26 Å². The van der Waals surface area contributed by atoms with Gasteiger partial charge in [-0.15, -0.1) is 0 Å². The molecule has 0 aliphatic carbocycles. The van der Waals surface area contributed by atoms with Gasteiger partial charge in [-0.3, -0.25) is 9.69 Å². The molecule has 0 bridgehead atoms. The number of fused-ring (bicyclic) bond motifs is 1. The Morgan fingerprint density at radius 1 is 1.02 bits per heavy atom. The van der Waals surface area contributed by atoms with E-state index in [-0.39, 0.29) is 52.1 Å². The van der Waals surface area contributed by atoms with Crippen molar-refractivity contribution in [2.75, 3.05) is 63.9 Å². The third-order valence-corrected chi connectivity index (χ3v) is 11.0. The molecule has 2 amide bonds. The van der Waals surface area contributed by atoms with E-state index in [9.17, 15) is 18.5 Å². The predicted octanol–water partition coefficient (Wildman–Crippen LogP) is 3.24. The van der Waals surface area contributed by atoms with E-state index in [1.807, 2.05) is 0 Å². The number of amides is 2. The van der Waals surface area contributed by atoms with Crippen LogP contribution in [-0.2, 0) is 25.2 Å². The lowest BCUT2D eigenvalue weighted by Crippen LogP contribution is -2.55. The Morgan fingerprint density at radius 3 is 2.44 bits per heavy atom. The van der Waals surface area contributed by atoms with Crippen molar-refractivity contribution in [2.24, 2.45) is 0 Å². The second kappa shape index (κ2) is 14.5. The lowest BCUT2D eigenvalue weighted by Gasteiger charge is -2.41. The number of carbonyl (C=O) groups is 2. The molecule has 2 saturated heterocycles. The standard InChI is InChI=1S/C35H40N6O8S/c1-4-47-30-22-26(46-3)9-11-31(30)50(44,45)41-29-10-8-24(23-36)21-28(29)35(33(41)42,27-7-6-14-38-32(27)48-5-2)49-34(43)40-19-17-39(18-20-40)25-12-15-37-16-13-25/h6-11,14,21-22,25,37H,4-5,12-13,15-20H2,1-3H3. The molecule has 2 aromatic carbocycles. The molecule has 50 heavy (non-hydrogen) atoms. The quantitative estimate of drug-likeness (QED) is 0.328. The highest BCUT2D eigenvalue weighted by molar-refractivity contribution is 7.93. The van der Waals surface area contributed by atoms with Gasteiger partial charge in [0.2, 0.25) is 5.88 Å². The first-order valence-electron chi connectivity index (χ1n) is 16.7. The maximum absolute atomic E-state index is 15.1. The lowest BCUT2D eigenvalue weighted by molar-refractivity contribution is -0.132. The third kappa shape index (κ3) is 6.19. The number of sulfonamides is 1. The molecule has 2 fully saturated rings. The summed E-state index contributed by atoms with van der Waals surface area (Å²) in [5.74, 6) is -0.817. The van der Waals surface area contributed by atoms with Gasteiger partial charge in [-0.1, -0.05) is 0 Å². The van der Waals surface area contributed by atoms with Crippen LogP contribution in [-0.4, -0.2) is 101 Å². The summed E-state index contributed by atoms with van der Waals surface area (Å²) in [7, 11) is -3.30. The minimum Gasteiger partial charge on any atom is -0.497 e. The van der Waals surface area contributed by atoms with Crippen LogP contribution >= 0.6 is 0 Å². The summed E-state index contributed by atoms with van der Waals surface area (Å²) in [5, 5.41) is 13.3.